The lowest BCUT2D eigenvalue weighted by molar-refractivity contribution is -0.137. The third-order valence-electron chi connectivity index (χ3n) is 4.13. The van der Waals surface area contributed by atoms with Crippen molar-refractivity contribution in [3.63, 3.8) is 0 Å². The molecular formula is C21H22N2O4S. The van der Waals surface area contributed by atoms with Crippen LogP contribution in [0.25, 0.3) is 5.57 Å². The van der Waals surface area contributed by atoms with Crippen LogP contribution in [0.3, 0.4) is 0 Å². The van der Waals surface area contributed by atoms with E-state index in [2.05, 4.69) is 4.98 Å². The molecule has 28 heavy (non-hydrogen) atoms. The van der Waals surface area contributed by atoms with Crippen molar-refractivity contribution < 1.29 is 19.4 Å². The van der Waals surface area contributed by atoms with Crippen molar-refractivity contribution in [1.29, 1.82) is 0 Å². The monoisotopic (exact) mass is 398 g/mol. The molecule has 1 aromatic heterocycles. The summed E-state index contributed by atoms with van der Waals surface area (Å²) in [5.41, 5.74) is 1.66. The van der Waals surface area contributed by atoms with Gasteiger partial charge in [-0.05, 0) is 36.2 Å². The van der Waals surface area contributed by atoms with Crippen molar-refractivity contribution in [3.05, 3.63) is 64.8 Å². The van der Waals surface area contributed by atoms with Gasteiger partial charge in [0.2, 0.25) is 0 Å². The molecule has 146 valence electrons. The SMILES string of the molecule is CCCOc1ccc(C2=C(SCCO)C(=O)N(Cc3ccccn3)C2=O)cc1. The van der Waals surface area contributed by atoms with Gasteiger partial charge in [0.05, 0.1) is 35.9 Å². The minimum Gasteiger partial charge on any atom is -0.494 e. The van der Waals surface area contributed by atoms with E-state index in [1.54, 1.807) is 42.6 Å². The third kappa shape index (κ3) is 4.43. The largest absolute Gasteiger partial charge is 0.494 e. The van der Waals surface area contributed by atoms with E-state index < -0.39 is 0 Å². The van der Waals surface area contributed by atoms with Gasteiger partial charge < -0.3 is 9.84 Å². The molecule has 0 aliphatic carbocycles. The predicted octanol–water partition coefficient (Wildman–Crippen LogP) is 2.88. The summed E-state index contributed by atoms with van der Waals surface area (Å²) in [5, 5.41) is 9.18. The van der Waals surface area contributed by atoms with Crippen LogP contribution in [0.4, 0.5) is 0 Å². The van der Waals surface area contributed by atoms with Gasteiger partial charge >= 0.3 is 0 Å². The van der Waals surface area contributed by atoms with Gasteiger partial charge in [-0.2, -0.15) is 0 Å². The quantitative estimate of drug-likeness (QED) is 0.655. The highest BCUT2D eigenvalue weighted by Gasteiger charge is 2.39. The molecule has 2 amide bonds. The molecule has 0 radical (unpaired) electrons. The number of hydrogen-bond acceptors (Lipinski definition) is 6. The number of aromatic nitrogens is 1. The number of carbonyl (C=O) groups is 2. The van der Waals surface area contributed by atoms with E-state index in [9.17, 15) is 14.7 Å². The lowest BCUT2D eigenvalue weighted by atomic mass is 10.1. The fraction of sp³-hybridized carbons (Fsp3) is 0.286. The van der Waals surface area contributed by atoms with E-state index in [4.69, 9.17) is 4.74 Å². The van der Waals surface area contributed by atoms with Gasteiger partial charge in [-0.1, -0.05) is 25.1 Å². The Hall–Kier alpha value is -2.64. The number of hydrogen-bond donors (Lipinski definition) is 1. The van der Waals surface area contributed by atoms with Crippen LogP contribution in [-0.4, -0.2) is 45.8 Å². The van der Waals surface area contributed by atoms with Crippen LogP contribution >= 0.6 is 11.8 Å². The highest BCUT2D eigenvalue weighted by atomic mass is 32.2. The molecule has 1 N–H and O–H groups in total. The molecule has 1 aromatic carbocycles. The van der Waals surface area contributed by atoms with E-state index in [0.717, 1.165) is 12.2 Å². The van der Waals surface area contributed by atoms with Gasteiger partial charge in [0, 0.05) is 11.9 Å². The second-order valence-corrected chi connectivity index (χ2v) is 7.27. The average Bonchev–Trinajstić information content (AvgIpc) is 2.96. The number of rotatable bonds is 9. The Balaban J connectivity index is 1.89. The first-order valence-electron chi connectivity index (χ1n) is 9.13. The molecular weight excluding hydrogens is 376 g/mol. The summed E-state index contributed by atoms with van der Waals surface area (Å²) in [4.78, 5) is 31.7. The Morgan fingerprint density at radius 3 is 2.54 bits per heavy atom. The van der Waals surface area contributed by atoms with Crippen LogP contribution in [0, 0.1) is 0 Å². The van der Waals surface area contributed by atoms with Crippen molar-refractivity contribution in [2.45, 2.75) is 19.9 Å². The van der Waals surface area contributed by atoms with Crippen LogP contribution in [0.5, 0.6) is 5.75 Å². The molecule has 0 saturated carbocycles. The van der Waals surface area contributed by atoms with E-state index in [0.29, 0.717) is 34.1 Å². The summed E-state index contributed by atoms with van der Waals surface area (Å²) < 4.78 is 5.59. The number of thioether (sulfide) groups is 1. The smallest absolute Gasteiger partial charge is 0.268 e. The van der Waals surface area contributed by atoms with Crippen molar-refractivity contribution in [2.24, 2.45) is 0 Å². The molecule has 6 nitrogen and oxygen atoms in total. The van der Waals surface area contributed by atoms with Crippen molar-refractivity contribution in [3.8, 4) is 5.75 Å². The number of nitrogens with zero attached hydrogens (tertiary/aromatic N) is 2. The van der Waals surface area contributed by atoms with Crippen molar-refractivity contribution >= 4 is 29.1 Å². The predicted molar refractivity (Wildman–Crippen MR) is 108 cm³/mol. The van der Waals surface area contributed by atoms with Crippen LogP contribution < -0.4 is 4.74 Å². The first kappa shape index (κ1) is 20.1. The van der Waals surface area contributed by atoms with Gasteiger partial charge in [-0.3, -0.25) is 19.5 Å². The Morgan fingerprint density at radius 1 is 1.11 bits per heavy atom. The standard InChI is InChI=1S/C21H22N2O4S/c1-2-12-27-17-8-6-15(7-9-17)18-19(28-13-11-24)21(26)23(20(18)25)14-16-5-3-4-10-22-16/h3-10,24H,2,11-14H2,1H3. The number of ether oxygens (including phenoxy) is 1. The lowest BCUT2D eigenvalue weighted by Crippen LogP contribution is -2.31. The van der Waals surface area contributed by atoms with Gasteiger partial charge in [-0.15, -0.1) is 11.8 Å². The van der Waals surface area contributed by atoms with E-state index in [-0.39, 0.29) is 25.0 Å². The number of amides is 2. The second kappa shape index (κ2) is 9.52. The molecule has 0 atom stereocenters. The molecule has 2 aromatic rings. The maximum atomic E-state index is 13.1. The average molecular weight is 398 g/mol. The molecule has 0 spiro atoms. The zero-order valence-electron chi connectivity index (χ0n) is 15.6. The number of imide groups is 1. The number of aliphatic hydroxyl groups excluding tert-OH is 1. The minimum atomic E-state index is -0.351. The highest BCUT2D eigenvalue weighted by Crippen LogP contribution is 2.37. The van der Waals surface area contributed by atoms with Crippen LogP contribution in [0.2, 0.25) is 0 Å². The first-order valence-corrected chi connectivity index (χ1v) is 10.1. The lowest BCUT2D eigenvalue weighted by Gasteiger charge is -2.14. The second-order valence-electron chi connectivity index (χ2n) is 6.17. The molecule has 3 rings (SSSR count). The van der Waals surface area contributed by atoms with Gasteiger partial charge in [0.25, 0.3) is 11.8 Å². The summed E-state index contributed by atoms with van der Waals surface area (Å²) in [5.74, 6) is 0.360. The Bertz CT molecular complexity index is 866. The van der Waals surface area contributed by atoms with E-state index >= 15 is 0 Å². The first-order chi connectivity index (χ1) is 13.7. The number of benzene rings is 1. The molecule has 2 heterocycles. The molecule has 0 saturated heterocycles. The fourth-order valence-electron chi connectivity index (χ4n) is 2.82. The van der Waals surface area contributed by atoms with E-state index in [1.807, 2.05) is 13.0 Å². The summed E-state index contributed by atoms with van der Waals surface area (Å²) in [6, 6.07) is 12.5. The van der Waals surface area contributed by atoms with Crippen molar-refractivity contribution in [2.75, 3.05) is 19.0 Å². The summed E-state index contributed by atoms with van der Waals surface area (Å²) in [6.07, 6.45) is 2.54. The molecule has 0 unspecified atom stereocenters. The summed E-state index contributed by atoms with van der Waals surface area (Å²) >= 11 is 1.20. The third-order valence-corrected chi connectivity index (χ3v) is 5.18. The molecule has 1 aliphatic heterocycles. The highest BCUT2D eigenvalue weighted by molar-refractivity contribution is 8.04. The van der Waals surface area contributed by atoms with Crippen LogP contribution in [0.1, 0.15) is 24.6 Å². The molecule has 0 fully saturated rings. The van der Waals surface area contributed by atoms with Crippen molar-refractivity contribution in [1.82, 2.24) is 9.88 Å². The van der Waals surface area contributed by atoms with Gasteiger partial charge in [0.15, 0.2) is 0 Å². The van der Waals surface area contributed by atoms with Gasteiger partial charge in [0.1, 0.15) is 5.75 Å². The number of carbonyl (C=O) groups excluding carboxylic acids is 2. The summed E-state index contributed by atoms with van der Waals surface area (Å²) in [7, 11) is 0. The Labute approximate surface area is 168 Å². The zero-order chi connectivity index (χ0) is 19.9. The summed E-state index contributed by atoms with van der Waals surface area (Å²) in [6.45, 7) is 2.69. The topological polar surface area (TPSA) is 79.7 Å². The zero-order valence-corrected chi connectivity index (χ0v) is 16.4. The molecule has 7 heteroatoms. The maximum absolute atomic E-state index is 13.1. The maximum Gasteiger partial charge on any atom is 0.268 e. The minimum absolute atomic E-state index is 0.0764. The van der Waals surface area contributed by atoms with Crippen LogP contribution in [0.15, 0.2) is 53.6 Å². The number of aliphatic hydroxyl groups is 1. The van der Waals surface area contributed by atoms with Gasteiger partial charge in [-0.25, -0.2) is 0 Å². The normalized spacial score (nSPS) is 14.1. The molecule has 0 bridgehead atoms. The van der Waals surface area contributed by atoms with Crippen LogP contribution in [-0.2, 0) is 16.1 Å². The Kier molecular flexibility index (Phi) is 6.84. The molecule has 1 aliphatic rings. The number of pyridine rings is 1. The Morgan fingerprint density at radius 2 is 1.89 bits per heavy atom. The van der Waals surface area contributed by atoms with E-state index in [1.165, 1.54) is 16.7 Å². The fourth-order valence-corrected chi connectivity index (χ4v) is 3.70.